The first-order valence-electron chi connectivity index (χ1n) is 5.49. The third-order valence-electron chi connectivity index (χ3n) is 2.90. The van der Waals surface area contributed by atoms with E-state index in [0.29, 0.717) is 44.5 Å². The van der Waals surface area contributed by atoms with Crippen LogP contribution in [0.4, 0.5) is 0 Å². The molecule has 1 fully saturated rings. The van der Waals surface area contributed by atoms with Gasteiger partial charge in [-0.15, -0.1) is 0 Å². The highest BCUT2D eigenvalue weighted by Crippen LogP contribution is 2.12. The van der Waals surface area contributed by atoms with E-state index in [1.54, 1.807) is 4.90 Å². The molecular formula is C10H15N3O3. The van der Waals surface area contributed by atoms with Crippen LogP contribution in [0, 0.1) is 0 Å². The summed E-state index contributed by atoms with van der Waals surface area (Å²) in [4.78, 5) is 24.5. The molecule has 2 amide bonds. The predicted molar refractivity (Wildman–Crippen MR) is 56.6 cm³/mol. The quantitative estimate of drug-likeness (QED) is 0.615. The predicted octanol–water partition coefficient (Wildman–Crippen LogP) is -0.764. The van der Waals surface area contributed by atoms with Crippen molar-refractivity contribution in [2.75, 3.05) is 13.1 Å². The second-order valence-corrected chi connectivity index (χ2v) is 4.12. The number of carbonyl (C=O) groups is 2. The Hall–Kier alpha value is -1.43. The minimum absolute atomic E-state index is 0.119. The number of hydrogen-bond donors (Lipinski definition) is 2. The first kappa shape index (κ1) is 11.1. The summed E-state index contributed by atoms with van der Waals surface area (Å²) in [5.41, 5.74) is 2.73. The fraction of sp³-hybridized carbons (Fsp3) is 0.700. The van der Waals surface area contributed by atoms with Crippen LogP contribution in [0.2, 0.25) is 0 Å². The fourth-order valence-corrected chi connectivity index (χ4v) is 1.88. The number of nitrogens with zero attached hydrogens (tertiary/aromatic N) is 2. The van der Waals surface area contributed by atoms with E-state index in [2.05, 4.69) is 10.5 Å². The standard InChI is InChI=1S/C10H15N3O3/c14-7-3-5-13(6-4-7)10(16)8-1-2-9(15)12-11-8/h7,14H,1-6H2,(H,12,15). The molecule has 6 nitrogen and oxygen atoms in total. The third-order valence-corrected chi connectivity index (χ3v) is 2.90. The summed E-state index contributed by atoms with van der Waals surface area (Å²) in [6, 6.07) is 0. The Morgan fingerprint density at radius 1 is 1.38 bits per heavy atom. The molecule has 2 N–H and O–H groups in total. The number of nitrogens with one attached hydrogen (secondary N) is 1. The number of piperidine rings is 1. The maximum absolute atomic E-state index is 11.9. The normalized spacial score (nSPS) is 22.7. The van der Waals surface area contributed by atoms with Crippen LogP contribution in [0.1, 0.15) is 25.7 Å². The lowest BCUT2D eigenvalue weighted by atomic mass is 10.1. The second-order valence-electron chi connectivity index (χ2n) is 4.12. The van der Waals surface area contributed by atoms with E-state index in [9.17, 15) is 14.7 Å². The van der Waals surface area contributed by atoms with E-state index in [1.165, 1.54) is 0 Å². The molecule has 0 unspecified atom stereocenters. The molecule has 0 aliphatic carbocycles. The van der Waals surface area contributed by atoms with Gasteiger partial charge in [0, 0.05) is 25.9 Å². The van der Waals surface area contributed by atoms with Crippen molar-refractivity contribution in [1.82, 2.24) is 10.3 Å². The number of hydrogen-bond acceptors (Lipinski definition) is 4. The highest BCUT2D eigenvalue weighted by Gasteiger charge is 2.26. The first-order valence-corrected chi connectivity index (χ1v) is 5.49. The maximum atomic E-state index is 11.9. The number of rotatable bonds is 1. The van der Waals surface area contributed by atoms with Gasteiger partial charge >= 0.3 is 0 Å². The van der Waals surface area contributed by atoms with Gasteiger partial charge < -0.3 is 10.0 Å². The van der Waals surface area contributed by atoms with Crippen LogP contribution in [0.25, 0.3) is 0 Å². The molecule has 88 valence electrons. The fourth-order valence-electron chi connectivity index (χ4n) is 1.88. The Bertz CT molecular complexity index is 332. The molecule has 0 spiro atoms. The number of likely N-dealkylation sites (tertiary alicyclic amines) is 1. The summed E-state index contributed by atoms with van der Waals surface area (Å²) < 4.78 is 0. The van der Waals surface area contributed by atoms with Gasteiger partial charge in [0.05, 0.1) is 6.10 Å². The Labute approximate surface area is 93.3 Å². The van der Waals surface area contributed by atoms with Gasteiger partial charge in [0.25, 0.3) is 5.91 Å². The topological polar surface area (TPSA) is 82.0 Å². The van der Waals surface area contributed by atoms with Crippen LogP contribution in [-0.2, 0) is 9.59 Å². The molecule has 0 aromatic carbocycles. The molecule has 1 saturated heterocycles. The lowest BCUT2D eigenvalue weighted by molar-refractivity contribution is -0.126. The van der Waals surface area contributed by atoms with Crippen LogP contribution < -0.4 is 5.43 Å². The van der Waals surface area contributed by atoms with Crippen molar-refractivity contribution in [2.24, 2.45) is 5.10 Å². The van der Waals surface area contributed by atoms with Crippen molar-refractivity contribution >= 4 is 17.5 Å². The van der Waals surface area contributed by atoms with Crippen LogP contribution in [0.15, 0.2) is 5.10 Å². The zero-order valence-corrected chi connectivity index (χ0v) is 8.98. The third kappa shape index (κ3) is 2.38. The smallest absolute Gasteiger partial charge is 0.270 e. The zero-order chi connectivity index (χ0) is 11.5. The Balaban J connectivity index is 1.95. The molecule has 0 radical (unpaired) electrons. The molecule has 2 rings (SSSR count). The van der Waals surface area contributed by atoms with Gasteiger partial charge in [0.15, 0.2) is 0 Å². The van der Waals surface area contributed by atoms with Crippen molar-refractivity contribution in [2.45, 2.75) is 31.8 Å². The average molecular weight is 225 g/mol. The van der Waals surface area contributed by atoms with Crippen LogP contribution in [-0.4, -0.2) is 46.7 Å². The van der Waals surface area contributed by atoms with Crippen LogP contribution in [0.5, 0.6) is 0 Å². The number of aliphatic hydroxyl groups excluding tert-OH is 1. The number of hydrazone groups is 1. The molecule has 2 aliphatic rings. The largest absolute Gasteiger partial charge is 0.393 e. The number of amides is 2. The molecule has 16 heavy (non-hydrogen) atoms. The van der Waals surface area contributed by atoms with Gasteiger partial charge in [-0.25, -0.2) is 5.43 Å². The molecule has 0 bridgehead atoms. The Kier molecular flexibility index (Phi) is 3.19. The van der Waals surface area contributed by atoms with Gasteiger partial charge in [-0.2, -0.15) is 5.10 Å². The second kappa shape index (κ2) is 4.61. The van der Waals surface area contributed by atoms with E-state index < -0.39 is 0 Å². The molecule has 0 aromatic heterocycles. The Morgan fingerprint density at radius 3 is 2.62 bits per heavy atom. The molecule has 2 aliphatic heterocycles. The number of carbonyl (C=O) groups excluding carboxylic acids is 2. The molecule has 0 aromatic rings. The zero-order valence-electron chi connectivity index (χ0n) is 8.98. The van der Waals surface area contributed by atoms with E-state index in [0.717, 1.165) is 0 Å². The monoisotopic (exact) mass is 225 g/mol. The summed E-state index contributed by atoms with van der Waals surface area (Å²) in [5, 5.41) is 13.1. The van der Waals surface area contributed by atoms with Gasteiger partial charge in [-0.1, -0.05) is 0 Å². The minimum atomic E-state index is -0.294. The molecule has 2 heterocycles. The van der Waals surface area contributed by atoms with E-state index in [1.807, 2.05) is 0 Å². The van der Waals surface area contributed by atoms with E-state index >= 15 is 0 Å². The summed E-state index contributed by atoms with van der Waals surface area (Å²) >= 11 is 0. The average Bonchev–Trinajstić information content (AvgIpc) is 2.30. The molecular weight excluding hydrogens is 210 g/mol. The molecule has 0 atom stereocenters. The summed E-state index contributed by atoms with van der Waals surface area (Å²) in [6.45, 7) is 1.12. The van der Waals surface area contributed by atoms with Crippen LogP contribution in [0.3, 0.4) is 0 Å². The SMILES string of the molecule is O=C1CCC(C(=O)N2CCC(O)CC2)=NN1. The van der Waals surface area contributed by atoms with Crippen molar-refractivity contribution in [1.29, 1.82) is 0 Å². The van der Waals surface area contributed by atoms with Crippen LogP contribution >= 0.6 is 0 Å². The van der Waals surface area contributed by atoms with Gasteiger partial charge in [-0.05, 0) is 12.8 Å². The van der Waals surface area contributed by atoms with Crippen molar-refractivity contribution in [3.8, 4) is 0 Å². The number of aliphatic hydroxyl groups is 1. The summed E-state index contributed by atoms with van der Waals surface area (Å²) in [7, 11) is 0. The Morgan fingerprint density at radius 2 is 2.06 bits per heavy atom. The molecule has 6 heteroatoms. The minimum Gasteiger partial charge on any atom is -0.393 e. The molecule has 0 saturated carbocycles. The highest BCUT2D eigenvalue weighted by molar-refractivity contribution is 6.39. The first-order chi connectivity index (χ1) is 7.66. The lowest BCUT2D eigenvalue weighted by Crippen LogP contribution is -2.45. The van der Waals surface area contributed by atoms with Crippen molar-refractivity contribution < 1.29 is 14.7 Å². The van der Waals surface area contributed by atoms with E-state index in [-0.39, 0.29) is 17.9 Å². The highest BCUT2D eigenvalue weighted by atomic mass is 16.3. The summed E-state index contributed by atoms with van der Waals surface area (Å²) in [6.07, 6.45) is 1.67. The van der Waals surface area contributed by atoms with E-state index in [4.69, 9.17) is 0 Å². The van der Waals surface area contributed by atoms with Crippen molar-refractivity contribution in [3.63, 3.8) is 0 Å². The van der Waals surface area contributed by atoms with Gasteiger partial charge in [-0.3, -0.25) is 9.59 Å². The lowest BCUT2D eigenvalue weighted by Gasteiger charge is -2.30. The maximum Gasteiger partial charge on any atom is 0.270 e. The van der Waals surface area contributed by atoms with Crippen molar-refractivity contribution in [3.05, 3.63) is 0 Å². The summed E-state index contributed by atoms with van der Waals surface area (Å²) in [5.74, 6) is -0.266. The van der Waals surface area contributed by atoms with Gasteiger partial charge in [0.1, 0.15) is 5.71 Å². The van der Waals surface area contributed by atoms with Gasteiger partial charge in [0.2, 0.25) is 5.91 Å².